The van der Waals surface area contributed by atoms with E-state index in [2.05, 4.69) is 30.1 Å². The molecular weight excluding hydrogens is 442 g/mol. The zero-order chi connectivity index (χ0) is 24.0. The van der Waals surface area contributed by atoms with Crippen molar-refractivity contribution in [3.63, 3.8) is 0 Å². The first-order valence-corrected chi connectivity index (χ1v) is 11.7. The lowest BCUT2D eigenvalue weighted by Gasteiger charge is -2.27. The second kappa shape index (κ2) is 10.6. The Labute approximate surface area is 204 Å². The molecule has 9 heteroatoms. The Bertz CT molecular complexity index is 1270. The van der Waals surface area contributed by atoms with Crippen LogP contribution in [0.3, 0.4) is 0 Å². The summed E-state index contributed by atoms with van der Waals surface area (Å²) in [5, 5.41) is 4.22. The summed E-state index contributed by atoms with van der Waals surface area (Å²) in [7, 11) is 4.05. The Morgan fingerprint density at radius 3 is 2.71 bits per heavy atom. The average molecular weight is 472 g/mol. The van der Waals surface area contributed by atoms with E-state index in [0.717, 1.165) is 72.3 Å². The van der Waals surface area contributed by atoms with Crippen molar-refractivity contribution in [2.75, 3.05) is 63.8 Å². The number of likely N-dealkylation sites (N-methyl/N-ethyl adjacent to an activating group) is 1. The Kier molecular flexibility index (Phi) is 6.97. The first kappa shape index (κ1) is 22.9. The van der Waals surface area contributed by atoms with E-state index in [0.29, 0.717) is 12.6 Å². The van der Waals surface area contributed by atoms with E-state index in [1.807, 2.05) is 62.8 Å². The standard InChI is InChI=1S/C26H29N7O2/c1-32(2)10-15-35-21-8-9-27-23(16-21)22-5-3-4-19-17-29-26(31-25(19)22)30-20-6-7-24(28-18-20)33-11-13-34-14-12-33/h3-9,16-18H,10-15H2,1-2H3,(H,29,30,31). The molecule has 3 aromatic heterocycles. The van der Waals surface area contributed by atoms with Crippen LogP contribution in [0.2, 0.25) is 0 Å². The van der Waals surface area contributed by atoms with Crippen LogP contribution in [-0.2, 0) is 4.74 Å². The van der Waals surface area contributed by atoms with Crippen LogP contribution in [0.25, 0.3) is 22.2 Å². The van der Waals surface area contributed by atoms with Crippen molar-refractivity contribution < 1.29 is 9.47 Å². The van der Waals surface area contributed by atoms with Gasteiger partial charge >= 0.3 is 0 Å². The molecule has 9 nitrogen and oxygen atoms in total. The first-order chi connectivity index (χ1) is 17.2. The van der Waals surface area contributed by atoms with Crippen molar-refractivity contribution in [3.8, 4) is 17.0 Å². The van der Waals surface area contributed by atoms with Crippen LogP contribution in [0.1, 0.15) is 0 Å². The molecule has 0 aliphatic carbocycles. The van der Waals surface area contributed by atoms with Crippen molar-refractivity contribution >= 4 is 28.4 Å². The van der Waals surface area contributed by atoms with Crippen LogP contribution in [0.15, 0.2) is 61.1 Å². The predicted octanol–water partition coefficient (Wildman–Crippen LogP) is 3.61. The van der Waals surface area contributed by atoms with Crippen LogP contribution in [0.4, 0.5) is 17.5 Å². The number of hydrogen-bond donors (Lipinski definition) is 1. The van der Waals surface area contributed by atoms with Gasteiger partial charge in [0.1, 0.15) is 18.2 Å². The van der Waals surface area contributed by atoms with E-state index in [-0.39, 0.29) is 0 Å². The molecule has 1 N–H and O–H groups in total. The van der Waals surface area contributed by atoms with Crippen LogP contribution in [0.5, 0.6) is 5.75 Å². The molecular formula is C26H29N7O2. The highest BCUT2D eigenvalue weighted by Crippen LogP contribution is 2.29. The van der Waals surface area contributed by atoms with Gasteiger partial charge in [-0.2, -0.15) is 0 Å². The number of rotatable bonds is 8. The quantitative estimate of drug-likeness (QED) is 0.414. The second-order valence-electron chi connectivity index (χ2n) is 8.60. The summed E-state index contributed by atoms with van der Waals surface area (Å²) in [5.41, 5.74) is 3.38. The third-order valence-corrected chi connectivity index (χ3v) is 5.76. The number of hydrogen-bond acceptors (Lipinski definition) is 9. The van der Waals surface area contributed by atoms with E-state index in [1.54, 1.807) is 12.4 Å². The summed E-state index contributed by atoms with van der Waals surface area (Å²) >= 11 is 0. The van der Waals surface area contributed by atoms with Gasteiger partial charge in [-0.25, -0.2) is 15.0 Å². The molecule has 0 amide bonds. The molecule has 0 atom stereocenters. The average Bonchev–Trinajstić information content (AvgIpc) is 2.89. The number of pyridine rings is 2. The number of aromatic nitrogens is 4. The molecule has 1 saturated heterocycles. The normalized spacial score (nSPS) is 13.9. The largest absolute Gasteiger partial charge is 0.492 e. The number of nitrogens with zero attached hydrogens (tertiary/aromatic N) is 6. The second-order valence-corrected chi connectivity index (χ2v) is 8.60. The minimum atomic E-state index is 0.504. The zero-order valence-corrected chi connectivity index (χ0v) is 20.0. The SMILES string of the molecule is CN(C)CCOc1ccnc(-c2cccc3cnc(Nc4ccc(N5CCOCC5)nc4)nc23)c1. The highest BCUT2D eigenvalue weighted by atomic mass is 16.5. The Hall–Kier alpha value is -3.82. The molecule has 0 spiro atoms. The van der Waals surface area contributed by atoms with Crippen LogP contribution in [-0.4, -0.2) is 78.4 Å². The Morgan fingerprint density at radius 1 is 1.03 bits per heavy atom. The molecule has 1 aliphatic heterocycles. The molecule has 35 heavy (non-hydrogen) atoms. The lowest BCUT2D eigenvalue weighted by atomic mass is 10.1. The van der Waals surface area contributed by atoms with Gasteiger partial charge in [0.15, 0.2) is 0 Å². The fourth-order valence-corrected chi connectivity index (χ4v) is 3.89. The molecule has 0 radical (unpaired) electrons. The number of fused-ring (bicyclic) bond motifs is 1. The van der Waals surface area contributed by atoms with Gasteiger partial charge in [0.2, 0.25) is 5.95 Å². The van der Waals surface area contributed by atoms with Crippen molar-refractivity contribution in [2.24, 2.45) is 0 Å². The fourth-order valence-electron chi connectivity index (χ4n) is 3.89. The highest BCUT2D eigenvalue weighted by Gasteiger charge is 2.13. The monoisotopic (exact) mass is 471 g/mol. The predicted molar refractivity (Wildman–Crippen MR) is 137 cm³/mol. The summed E-state index contributed by atoms with van der Waals surface area (Å²) in [5.74, 6) is 2.23. The van der Waals surface area contributed by atoms with Crippen molar-refractivity contribution in [2.45, 2.75) is 0 Å². The summed E-state index contributed by atoms with van der Waals surface area (Å²) in [4.78, 5) is 22.8. The molecule has 4 heterocycles. The van der Waals surface area contributed by atoms with Gasteiger partial charge in [-0.1, -0.05) is 18.2 Å². The van der Waals surface area contributed by atoms with Crippen molar-refractivity contribution in [3.05, 3.63) is 61.1 Å². The van der Waals surface area contributed by atoms with Crippen LogP contribution >= 0.6 is 0 Å². The molecule has 0 unspecified atom stereocenters. The van der Waals surface area contributed by atoms with Gasteiger partial charge in [0.25, 0.3) is 0 Å². The van der Waals surface area contributed by atoms with Gasteiger partial charge in [0, 0.05) is 49.0 Å². The maximum atomic E-state index is 5.90. The van der Waals surface area contributed by atoms with Gasteiger partial charge in [-0.15, -0.1) is 0 Å². The lowest BCUT2D eigenvalue weighted by molar-refractivity contribution is 0.122. The number of morpholine rings is 1. The van der Waals surface area contributed by atoms with Crippen LogP contribution < -0.4 is 15.0 Å². The minimum Gasteiger partial charge on any atom is -0.492 e. The molecule has 1 aliphatic rings. The molecule has 1 fully saturated rings. The fraction of sp³-hybridized carbons (Fsp3) is 0.308. The highest BCUT2D eigenvalue weighted by molar-refractivity contribution is 5.93. The Morgan fingerprint density at radius 2 is 1.91 bits per heavy atom. The summed E-state index contributed by atoms with van der Waals surface area (Å²) in [6.07, 6.45) is 5.39. The zero-order valence-electron chi connectivity index (χ0n) is 20.0. The third-order valence-electron chi connectivity index (χ3n) is 5.76. The summed E-state index contributed by atoms with van der Waals surface area (Å²) in [6, 6.07) is 13.8. The molecule has 5 rings (SSSR count). The van der Waals surface area contributed by atoms with Gasteiger partial charge in [-0.05, 0) is 32.3 Å². The smallest absolute Gasteiger partial charge is 0.227 e. The number of anilines is 3. The minimum absolute atomic E-state index is 0.504. The number of ether oxygens (including phenoxy) is 2. The number of para-hydroxylation sites is 1. The van der Waals surface area contributed by atoms with Gasteiger partial charge in [-0.3, -0.25) is 4.98 Å². The lowest BCUT2D eigenvalue weighted by Crippen LogP contribution is -2.36. The number of benzene rings is 1. The van der Waals surface area contributed by atoms with Crippen molar-refractivity contribution in [1.29, 1.82) is 0 Å². The van der Waals surface area contributed by atoms with E-state index in [9.17, 15) is 0 Å². The molecule has 180 valence electrons. The maximum absolute atomic E-state index is 5.90. The first-order valence-electron chi connectivity index (χ1n) is 11.7. The molecule has 4 aromatic rings. The molecule has 0 bridgehead atoms. The topological polar surface area (TPSA) is 88.5 Å². The number of nitrogens with one attached hydrogen (secondary N) is 1. The van der Waals surface area contributed by atoms with Crippen LogP contribution in [0, 0.1) is 0 Å². The third kappa shape index (κ3) is 5.64. The van der Waals surface area contributed by atoms with E-state index in [4.69, 9.17) is 14.5 Å². The Balaban J connectivity index is 1.37. The van der Waals surface area contributed by atoms with E-state index >= 15 is 0 Å². The van der Waals surface area contributed by atoms with E-state index in [1.165, 1.54) is 0 Å². The van der Waals surface area contributed by atoms with Crippen molar-refractivity contribution in [1.82, 2.24) is 24.8 Å². The molecule has 0 saturated carbocycles. The van der Waals surface area contributed by atoms with Gasteiger partial charge < -0.3 is 24.6 Å². The summed E-state index contributed by atoms with van der Waals surface area (Å²) in [6.45, 7) is 4.62. The maximum Gasteiger partial charge on any atom is 0.227 e. The molecule has 1 aromatic carbocycles. The van der Waals surface area contributed by atoms with Gasteiger partial charge in [0.05, 0.1) is 36.3 Å². The van der Waals surface area contributed by atoms with E-state index < -0.39 is 0 Å². The summed E-state index contributed by atoms with van der Waals surface area (Å²) < 4.78 is 11.3.